The van der Waals surface area contributed by atoms with E-state index in [4.69, 9.17) is 16.3 Å². The van der Waals surface area contributed by atoms with Crippen LogP contribution in [0, 0.1) is 13.8 Å². The van der Waals surface area contributed by atoms with Crippen LogP contribution in [0.4, 0.5) is 0 Å². The summed E-state index contributed by atoms with van der Waals surface area (Å²) in [5, 5.41) is 13.3. The standard InChI is InChI=1S/C13H17ClN4O/c1-8-9(2)13-16-15-11(18(13)17-12(8)14)6-5-10-4-3-7-19-10/h10H,3-7H2,1-2H3. The SMILES string of the molecule is Cc1c(Cl)nn2c(CCC3CCCO3)nnc2c1C. The molecule has 1 saturated heterocycles. The molecule has 0 aromatic carbocycles. The number of ether oxygens (including phenoxy) is 1. The molecule has 0 spiro atoms. The number of aryl methyl sites for hydroxylation is 2. The molecular weight excluding hydrogens is 264 g/mol. The van der Waals surface area contributed by atoms with Crippen molar-refractivity contribution >= 4 is 17.2 Å². The maximum atomic E-state index is 6.14. The molecule has 2 aromatic rings. The van der Waals surface area contributed by atoms with Gasteiger partial charge in [0, 0.05) is 18.6 Å². The zero-order valence-corrected chi connectivity index (χ0v) is 11.9. The lowest BCUT2D eigenvalue weighted by molar-refractivity contribution is 0.104. The highest BCUT2D eigenvalue weighted by Gasteiger charge is 2.18. The van der Waals surface area contributed by atoms with Crippen molar-refractivity contribution in [3.05, 3.63) is 22.1 Å². The van der Waals surface area contributed by atoms with Crippen LogP contribution in [0.25, 0.3) is 5.65 Å². The maximum absolute atomic E-state index is 6.14. The first-order valence-corrected chi connectivity index (χ1v) is 7.03. The summed E-state index contributed by atoms with van der Waals surface area (Å²) >= 11 is 6.14. The molecule has 0 bridgehead atoms. The Bertz CT molecular complexity index is 604. The van der Waals surface area contributed by atoms with Crippen LogP contribution in [0.3, 0.4) is 0 Å². The fourth-order valence-corrected chi connectivity index (χ4v) is 2.67. The number of nitrogens with zero attached hydrogens (tertiary/aromatic N) is 4. The second-order valence-electron chi connectivity index (χ2n) is 5.07. The van der Waals surface area contributed by atoms with Gasteiger partial charge < -0.3 is 4.74 Å². The van der Waals surface area contributed by atoms with Crippen molar-refractivity contribution in [2.45, 2.75) is 45.6 Å². The van der Waals surface area contributed by atoms with Gasteiger partial charge in [-0.05, 0) is 38.7 Å². The van der Waals surface area contributed by atoms with Crippen LogP contribution in [-0.2, 0) is 11.2 Å². The number of rotatable bonds is 3. The molecule has 0 amide bonds. The second-order valence-corrected chi connectivity index (χ2v) is 5.42. The van der Waals surface area contributed by atoms with Crippen LogP contribution < -0.4 is 0 Å². The van der Waals surface area contributed by atoms with E-state index in [-0.39, 0.29) is 0 Å². The van der Waals surface area contributed by atoms with E-state index < -0.39 is 0 Å². The molecule has 19 heavy (non-hydrogen) atoms. The average Bonchev–Trinajstić information content (AvgIpc) is 3.03. The van der Waals surface area contributed by atoms with Crippen LogP contribution in [-0.4, -0.2) is 32.5 Å². The molecule has 0 saturated carbocycles. The van der Waals surface area contributed by atoms with E-state index in [1.807, 2.05) is 13.8 Å². The van der Waals surface area contributed by atoms with Gasteiger partial charge in [-0.2, -0.15) is 9.61 Å². The third-order valence-electron chi connectivity index (χ3n) is 3.81. The van der Waals surface area contributed by atoms with Crippen molar-refractivity contribution < 1.29 is 4.74 Å². The molecule has 5 nitrogen and oxygen atoms in total. The number of fused-ring (bicyclic) bond motifs is 1. The molecule has 1 aliphatic rings. The molecule has 0 aliphatic carbocycles. The maximum Gasteiger partial charge on any atom is 0.181 e. The zero-order chi connectivity index (χ0) is 13.4. The summed E-state index contributed by atoms with van der Waals surface area (Å²) in [7, 11) is 0. The van der Waals surface area contributed by atoms with Gasteiger partial charge in [0.1, 0.15) is 0 Å². The lowest BCUT2D eigenvalue weighted by Gasteiger charge is -2.08. The van der Waals surface area contributed by atoms with Crippen LogP contribution in [0.5, 0.6) is 0 Å². The van der Waals surface area contributed by atoms with Gasteiger partial charge in [-0.25, -0.2) is 0 Å². The van der Waals surface area contributed by atoms with Crippen LogP contribution >= 0.6 is 11.6 Å². The minimum Gasteiger partial charge on any atom is -0.378 e. The molecule has 1 unspecified atom stereocenters. The lowest BCUT2D eigenvalue weighted by atomic mass is 10.1. The predicted molar refractivity (Wildman–Crippen MR) is 72.6 cm³/mol. The Morgan fingerprint density at radius 1 is 1.32 bits per heavy atom. The smallest absolute Gasteiger partial charge is 0.181 e. The van der Waals surface area contributed by atoms with Gasteiger partial charge in [-0.15, -0.1) is 10.2 Å². The highest BCUT2D eigenvalue weighted by atomic mass is 35.5. The van der Waals surface area contributed by atoms with Crippen LogP contribution in [0.15, 0.2) is 0 Å². The Labute approximate surface area is 116 Å². The predicted octanol–water partition coefficient (Wildman–Crippen LogP) is 2.51. The Balaban J connectivity index is 1.87. The molecule has 3 heterocycles. The molecule has 6 heteroatoms. The Hall–Kier alpha value is -1.20. The van der Waals surface area contributed by atoms with E-state index in [1.54, 1.807) is 4.52 Å². The summed E-state index contributed by atoms with van der Waals surface area (Å²) in [4.78, 5) is 0. The largest absolute Gasteiger partial charge is 0.378 e. The Morgan fingerprint density at radius 3 is 2.89 bits per heavy atom. The summed E-state index contributed by atoms with van der Waals surface area (Å²) < 4.78 is 7.39. The molecular formula is C13H17ClN4O. The third kappa shape index (κ3) is 2.32. The van der Waals surface area contributed by atoms with Gasteiger partial charge in [-0.3, -0.25) is 0 Å². The fourth-order valence-electron chi connectivity index (χ4n) is 2.45. The van der Waals surface area contributed by atoms with Crippen molar-refractivity contribution in [2.24, 2.45) is 0 Å². The normalized spacial score (nSPS) is 19.4. The Morgan fingerprint density at radius 2 is 2.16 bits per heavy atom. The van der Waals surface area contributed by atoms with Crippen LogP contribution in [0.2, 0.25) is 5.15 Å². The van der Waals surface area contributed by atoms with E-state index >= 15 is 0 Å². The van der Waals surface area contributed by atoms with Gasteiger partial charge in [0.2, 0.25) is 0 Å². The first-order chi connectivity index (χ1) is 9.16. The van der Waals surface area contributed by atoms with Crippen molar-refractivity contribution in [1.29, 1.82) is 0 Å². The first-order valence-electron chi connectivity index (χ1n) is 6.65. The van der Waals surface area contributed by atoms with Crippen LogP contribution in [0.1, 0.15) is 36.2 Å². The first kappa shape index (κ1) is 12.8. The van der Waals surface area contributed by atoms with Gasteiger partial charge in [0.05, 0.1) is 6.10 Å². The van der Waals surface area contributed by atoms with Crippen molar-refractivity contribution in [3.63, 3.8) is 0 Å². The minimum absolute atomic E-state index is 0.356. The summed E-state index contributed by atoms with van der Waals surface area (Å²) in [5.41, 5.74) is 2.80. The quantitative estimate of drug-likeness (QED) is 0.867. The lowest BCUT2D eigenvalue weighted by Crippen LogP contribution is -2.09. The molecule has 0 N–H and O–H groups in total. The monoisotopic (exact) mass is 280 g/mol. The number of halogens is 1. The van der Waals surface area contributed by atoms with Gasteiger partial charge >= 0.3 is 0 Å². The topological polar surface area (TPSA) is 52.3 Å². The minimum atomic E-state index is 0.356. The number of hydrogen-bond donors (Lipinski definition) is 0. The molecule has 1 fully saturated rings. The summed E-state index contributed by atoms with van der Waals surface area (Å²) in [6.45, 7) is 4.83. The third-order valence-corrected chi connectivity index (χ3v) is 4.17. The molecule has 1 atom stereocenters. The molecule has 102 valence electrons. The highest BCUT2D eigenvalue weighted by molar-refractivity contribution is 6.30. The van der Waals surface area contributed by atoms with E-state index in [0.717, 1.165) is 54.9 Å². The van der Waals surface area contributed by atoms with Crippen molar-refractivity contribution in [1.82, 2.24) is 19.8 Å². The van der Waals surface area contributed by atoms with E-state index in [1.165, 1.54) is 0 Å². The second kappa shape index (κ2) is 5.06. The van der Waals surface area contributed by atoms with Gasteiger partial charge in [0.25, 0.3) is 0 Å². The number of aromatic nitrogens is 4. The van der Waals surface area contributed by atoms with Crippen molar-refractivity contribution in [2.75, 3.05) is 6.61 Å². The molecule has 2 aromatic heterocycles. The van der Waals surface area contributed by atoms with E-state index in [2.05, 4.69) is 15.3 Å². The Kier molecular flexibility index (Phi) is 3.41. The van der Waals surface area contributed by atoms with E-state index in [0.29, 0.717) is 11.3 Å². The summed E-state index contributed by atoms with van der Waals surface area (Å²) in [5.74, 6) is 0.857. The van der Waals surface area contributed by atoms with Crippen molar-refractivity contribution in [3.8, 4) is 0 Å². The fraction of sp³-hybridized carbons (Fsp3) is 0.615. The average molecular weight is 281 g/mol. The van der Waals surface area contributed by atoms with E-state index in [9.17, 15) is 0 Å². The molecule has 0 radical (unpaired) electrons. The summed E-state index contributed by atoms with van der Waals surface area (Å²) in [6.07, 6.45) is 4.44. The van der Waals surface area contributed by atoms with Gasteiger partial charge in [-0.1, -0.05) is 11.6 Å². The number of hydrogen-bond acceptors (Lipinski definition) is 4. The molecule has 1 aliphatic heterocycles. The summed E-state index contributed by atoms with van der Waals surface area (Å²) in [6, 6.07) is 0. The highest BCUT2D eigenvalue weighted by Crippen LogP contribution is 2.21. The zero-order valence-electron chi connectivity index (χ0n) is 11.2. The molecule has 3 rings (SSSR count). The van der Waals surface area contributed by atoms with Gasteiger partial charge in [0.15, 0.2) is 16.6 Å².